The molecular formula is C8H6ClFN2O. The van der Waals surface area contributed by atoms with Crippen LogP contribution < -0.4 is 0 Å². The molecule has 0 spiro atoms. The lowest BCUT2D eigenvalue weighted by molar-refractivity contribution is 0.268. The summed E-state index contributed by atoms with van der Waals surface area (Å²) >= 11 is 5.60. The fraction of sp³-hybridized carbons (Fsp3) is 0.125. The van der Waals surface area contributed by atoms with E-state index in [2.05, 4.69) is 4.98 Å². The predicted octanol–water partition coefficient (Wildman–Crippen LogP) is 1.62. The molecule has 0 aliphatic heterocycles. The van der Waals surface area contributed by atoms with Crippen molar-refractivity contribution in [2.45, 2.75) is 6.61 Å². The van der Waals surface area contributed by atoms with Crippen molar-refractivity contribution in [2.24, 2.45) is 0 Å². The summed E-state index contributed by atoms with van der Waals surface area (Å²) in [7, 11) is 0. The van der Waals surface area contributed by atoms with E-state index >= 15 is 0 Å². The minimum absolute atomic E-state index is 0.00273. The van der Waals surface area contributed by atoms with Gasteiger partial charge in [-0.15, -0.1) is 0 Å². The van der Waals surface area contributed by atoms with Crippen LogP contribution in [-0.2, 0) is 6.61 Å². The second kappa shape index (κ2) is 2.97. The molecule has 1 N–H and O–H groups in total. The highest BCUT2D eigenvalue weighted by atomic mass is 35.5. The number of pyridine rings is 1. The number of halogens is 2. The van der Waals surface area contributed by atoms with Crippen LogP contribution in [0.15, 0.2) is 18.6 Å². The normalized spacial score (nSPS) is 11.0. The van der Waals surface area contributed by atoms with Gasteiger partial charge >= 0.3 is 0 Å². The van der Waals surface area contributed by atoms with Crippen LogP contribution in [0.2, 0.25) is 5.02 Å². The molecule has 2 rings (SSSR count). The van der Waals surface area contributed by atoms with Crippen LogP contribution in [0.1, 0.15) is 5.69 Å². The maximum Gasteiger partial charge on any atom is 0.164 e. The smallest absolute Gasteiger partial charge is 0.164 e. The fourth-order valence-electron chi connectivity index (χ4n) is 1.22. The second-order valence-corrected chi connectivity index (χ2v) is 3.01. The molecular weight excluding hydrogens is 195 g/mol. The van der Waals surface area contributed by atoms with E-state index in [1.165, 1.54) is 16.8 Å². The maximum atomic E-state index is 13.3. The van der Waals surface area contributed by atoms with Crippen molar-refractivity contribution in [3.05, 3.63) is 35.1 Å². The number of nitrogens with zero attached hydrogens (tertiary/aromatic N) is 2. The fourth-order valence-corrected chi connectivity index (χ4v) is 1.44. The highest BCUT2D eigenvalue weighted by Crippen LogP contribution is 2.21. The lowest BCUT2D eigenvalue weighted by Gasteiger charge is -2.04. The lowest BCUT2D eigenvalue weighted by Crippen LogP contribution is -2.00. The van der Waals surface area contributed by atoms with E-state index in [1.807, 2.05) is 0 Å². The van der Waals surface area contributed by atoms with Gasteiger partial charge in [0.05, 0.1) is 35.4 Å². The zero-order valence-corrected chi connectivity index (χ0v) is 7.29. The van der Waals surface area contributed by atoms with E-state index in [-0.39, 0.29) is 10.7 Å². The molecule has 0 aromatic carbocycles. The van der Waals surface area contributed by atoms with E-state index in [9.17, 15) is 4.39 Å². The second-order valence-electron chi connectivity index (χ2n) is 2.60. The summed E-state index contributed by atoms with van der Waals surface area (Å²) in [5, 5.41) is 8.91. The highest BCUT2D eigenvalue weighted by Gasteiger charge is 2.10. The van der Waals surface area contributed by atoms with Gasteiger partial charge in [-0.2, -0.15) is 0 Å². The average Bonchev–Trinajstić information content (AvgIpc) is 2.54. The van der Waals surface area contributed by atoms with Crippen molar-refractivity contribution in [1.82, 2.24) is 9.38 Å². The molecule has 0 unspecified atom stereocenters. The number of aliphatic hydroxyl groups excluding tert-OH is 1. The number of aromatic nitrogens is 2. The van der Waals surface area contributed by atoms with E-state index < -0.39 is 12.4 Å². The molecule has 0 aliphatic carbocycles. The van der Waals surface area contributed by atoms with Gasteiger partial charge in [0.15, 0.2) is 5.82 Å². The molecule has 2 aromatic heterocycles. The predicted molar refractivity (Wildman–Crippen MR) is 46.1 cm³/mol. The Morgan fingerprint density at radius 2 is 2.38 bits per heavy atom. The number of hydrogen-bond acceptors (Lipinski definition) is 2. The number of rotatable bonds is 1. The first kappa shape index (κ1) is 8.47. The first-order valence-electron chi connectivity index (χ1n) is 3.64. The molecule has 0 radical (unpaired) electrons. The van der Waals surface area contributed by atoms with Gasteiger partial charge in [-0.25, -0.2) is 9.37 Å². The van der Waals surface area contributed by atoms with Crippen LogP contribution in [0.3, 0.4) is 0 Å². The number of aliphatic hydroxyl groups is 1. The van der Waals surface area contributed by atoms with Crippen LogP contribution in [-0.4, -0.2) is 14.5 Å². The summed E-state index contributed by atoms with van der Waals surface area (Å²) < 4.78 is 14.7. The summed E-state index contributed by atoms with van der Waals surface area (Å²) in [6.07, 6.45) is 2.98. The van der Waals surface area contributed by atoms with E-state index in [4.69, 9.17) is 16.7 Å². The Kier molecular flexibility index (Phi) is 1.94. The van der Waals surface area contributed by atoms with Crippen molar-refractivity contribution < 1.29 is 9.50 Å². The molecule has 0 atom stereocenters. The molecule has 2 aromatic rings. The number of fused-ring (bicyclic) bond motifs is 1. The maximum absolute atomic E-state index is 13.3. The molecule has 3 nitrogen and oxygen atoms in total. The topological polar surface area (TPSA) is 37.5 Å². The zero-order valence-electron chi connectivity index (χ0n) is 6.54. The minimum Gasteiger partial charge on any atom is -0.390 e. The van der Waals surface area contributed by atoms with Gasteiger partial charge in [0, 0.05) is 0 Å². The zero-order chi connectivity index (χ0) is 9.42. The Bertz CT molecular complexity index is 455. The molecule has 0 amide bonds. The minimum atomic E-state index is -0.602. The molecule has 0 fully saturated rings. The van der Waals surface area contributed by atoms with Gasteiger partial charge in [-0.05, 0) is 6.07 Å². The Hall–Kier alpha value is -1.13. The Balaban J connectivity index is 2.87. The highest BCUT2D eigenvalue weighted by molar-refractivity contribution is 6.31. The van der Waals surface area contributed by atoms with Crippen LogP contribution in [0, 0.1) is 5.82 Å². The molecule has 2 heterocycles. The molecule has 5 heteroatoms. The van der Waals surface area contributed by atoms with E-state index in [0.717, 1.165) is 0 Å². The molecule has 0 saturated carbocycles. The van der Waals surface area contributed by atoms with Crippen molar-refractivity contribution in [1.29, 1.82) is 0 Å². The summed E-state index contributed by atoms with van der Waals surface area (Å²) in [6.45, 7) is -0.404. The third-order valence-corrected chi connectivity index (χ3v) is 2.12. The van der Waals surface area contributed by atoms with Crippen molar-refractivity contribution in [3.8, 4) is 0 Å². The lowest BCUT2D eigenvalue weighted by atomic mass is 10.3. The number of hydrogen-bond donors (Lipinski definition) is 1. The molecule has 0 saturated heterocycles. The van der Waals surface area contributed by atoms with Crippen molar-refractivity contribution >= 4 is 17.1 Å². The molecule has 68 valence electrons. The molecule has 0 bridgehead atoms. The third-order valence-electron chi connectivity index (χ3n) is 1.85. The van der Waals surface area contributed by atoms with Gasteiger partial charge in [0.25, 0.3) is 0 Å². The van der Waals surface area contributed by atoms with Crippen LogP contribution in [0.25, 0.3) is 5.52 Å². The third kappa shape index (κ3) is 1.18. The van der Waals surface area contributed by atoms with Gasteiger partial charge in [-0.1, -0.05) is 11.6 Å². The largest absolute Gasteiger partial charge is 0.390 e. The van der Waals surface area contributed by atoms with Gasteiger partial charge < -0.3 is 5.11 Å². The van der Waals surface area contributed by atoms with Crippen LogP contribution >= 0.6 is 11.6 Å². The molecule has 13 heavy (non-hydrogen) atoms. The quantitative estimate of drug-likeness (QED) is 0.760. The van der Waals surface area contributed by atoms with Gasteiger partial charge in [0.1, 0.15) is 0 Å². The first-order chi connectivity index (χ1) is 6.24. The summed E-state index contributed by atoms with van der Waals surface area (Å²) in [6, 6.07) is 1.46. The Morgan fingerprint density at radius 3 is 3.08 bits per heavy atom. The standard InChI is InChI=1S/C8H6ClFN2O/c9-6-1-5-2-11-4-12(5)7(3-13)8(6)10/h1-2,4,13H,3H2. The van der Waals surface area contributed by atoms with E-state index in [0.29, 0.717) is 5.52 Å². The molecule has 0 aliphatic rings. The summed E-state index contributed by atoms with van der Waals surface area (Å²) in [5.74, 6) is -0.602. The monoisotopic (exact) mass is 200 g/mol. The Morgan fingerprint density at radius 1 is 1.62 bits per heavy atom. The first-order valence-corrected chi connectivity index (χ1v) is 4.01. The average molecular weight is 201 g/mol. The van der Waals surface area contributed by atoms with E-state index in [1.54, 1.807) is 6.20 Å². The van der Waals surface area contributed by atoms with Crippen molar-refractivity contribution in [3.63, 3.8) is 0 Å². The van der Waals surface area contributed by atoms with Crippen molar-refractivity contribution in [2.75, 3.05) is 0 Å². The summed E-state index contributed by atoms with van der Waals surface area (Å²) in [4.78, 5) is 3.82. The SMILES string of the molecule is OCc1c(F)c(Cl)cc2cncn12. The number of imidazole rings is 1. The van der Waals surface area contributed by atoms with Gasteiger partial charge in [-0.3, -0.25) is 4.40 Å². The van der Waals surface area contributed by atoms with Crippen LogP contribution in [0.5, 0.6) is 0 Å². The van der Waals surface area contributed by atoms with Crippen LogP contribution in [0.4, 0.5) is 4.39 Å². The summed E-state index contributed by atoms with van der Waals surface area (Å²) in [5.41, 5.74) is 0.787. The Labute approximate surface area is 78.4 Å². The van der Waals surface area contributed by atoms with Gasteiger partial charge in [0.2, 0.25) is 0 Å².